The number of primary amides is 1. The lowest BCUT2D eigenvalue weighted by Gasteiger charge is -2.27. The molecule has 2 aromatic carbocycles. The molecule has 8 atom stereocenters. The number of aromatic nitrogens is 1. The predicted octanol–water partition coefficient (Wildman–Crippen LogP) is 7.61. The third-order valence-corrected chi connectivity index (χ3v) is 21.0. The predicted molar refractivity (Wildman–Crippen MR) is 461 cm³/mol. The minimum atomic E-state index is -1.46. The third-order valence-electron chi connectivity index (χ3n) is 21.0. The Morgan fingerprint density at radius 2 is 0.864 bits per heavy atom. The second-order valence-electron chi connectivity index (χ2n) is 31.4. The Morgan fingerprint density at radius 3 is 1.40 bits per heavy atom. The van der Waals surface area contributed by atoms with Gasteiger partial charge in [0.05, 0.1) is 6.54 Å². The van der Waals surface area contributed by atoms with Gasteiger partial charge >= 0.3 is 0 Å². The number of aromatic amines is 1. The monoisotopic (exact) mass is 1650 g/mol. The SMILES string of the molecule is CCCCCCCCCCCCCCCC(=O)NCCCNC(=O)C1NN(CC(=O)NCCCC[C@H](NC(=O)[C@H](C)NC(=O)[C@H](CCCC)NC(C)=O)C(=O)N[C@H](Cc2ccccc2)C(=O)N[C@@H](CCCN=C(N)N)C(=O)N[C@@H](Cc2c[nH]c3ccccc23)C(N)=O)C(C(=O)NCCCNC(=O)CCCCCCCCCCCCCCC)O1. The fourth-order valence-electron chi connectivity index (χ4n) is 14.1. The highest BCUT2D eigenvalue weighted by Gasteiger charge is 2.42. The van der Waals surface area contributed by atoms with Crippen LogP contribution < -0.4 is 81.1 Å². The maximum absolute atomic E-state index is 14.9. The number of nitrogens with two attached hydrogens (primary N) is 3. The third kappa shape index (κ3) is 44.5. The van der Waals surface area contributed by atoms with E-state index in [4.69, 9.17) is 21.9 Å². The number of H-pyrrole nitrogens is 1. The molecule has 19 N–H and O–H groups in total. The molecule has 1 saturated heterocycles. The maximum atomic E-state index is 14.9. The zero-order valence-electron chi connectivity index (χ0n) is 71.6. The highest BCUT2D eigenvalue weighted by atomic mass is 16.6. The Bertz CT molecular complexity index is 3470. The first-order valence-electron chi connectivity index (χ1n) is 44.3. The van der Waals surface area contributed by atoms with E-state index in [1.165, 1.54) is 147 Å². The number of hydrazine groups is 1. The van der Waals surface area contributed by atoms with Gasteiger partial charge in [-0.15, -0.1) is 0 Å². The van der Waals surface area contributed by atoms with E-state index in [9.17, 15) is 57.5 Å². The van der Waals surface area contributed by atoms with Crippen LogP contribution in [0.15, 0.2) is 65.8 Å². The topological polar surface area (TPSA) is 468 Å². The lowest BCUT2D eigenvalue weighted by molar-refractivity contribution is -0.144. The summed E-state index contributed by atoms with van der Waals surface area (Å²) in [5, 5.41) is 32.6. The largest absolute Gasteiger partial charge is 0.370 e. The van der Waals surface area contributed by atoms with Crippen molar-refractivity contribution in [3.05, 3.63) is 71.9 Å². The molecule has 0 aliphatic carbocycles. The van der Waals surface area contributed by atoms with Crippen molar-refractivity contribution in [3.63, 3.8) is 0 Å². The van der Waals surface area contributed by atoms with Gasteiger partial charge in [-0.1, -0.05) is 236 Å². The number of hydrogen-bond acceptors (Lipinski definition) is 16. The number of carbonyl (C=O) groups is 12. The molecule has 2 heterocycles. The van der Waals surface area contributed by atoms with Gasteiger partial charge in [-0.25, -0.2) is 5.43 Å². The molecule has 662 valence electrons. The van der Waals surface area contributed by atoms with Crippen LogP contribution in [0.5, 0.6) is 0 Å². The average Bonchev–Trinajstić information content (AvgIpc) is 1.61. The van der Waals surface area contributed by atoms with Crippen LogP contribution in [-0.4, -0.2) is 181 Å². The number of carbonyl (C=O) groups excluding carboxylic acids is 12. The number of ether oxygens (including phenoxy) is 1. The molecule has 0 radical (unpaired) electrons. The summed E-state index contributed by atoms with van der Waals surface area (Å²) in [6.07, 6.45) is 33.8. The molecule has 1 aliphatic rings. The van der Waals surface area contributed by atoms with Crippen LogP contribution in [0.3, 0.4) is 0 Å². The summed E-state index contributed by atoms with van der Waals surface area (Å²) in [5.41, 5.74) is 22.1. The Labute approximate surface area is 700 Å². The van der Waals surface area contributed by atoms with Crippen LogP contribution in [0.25, 0.3) is 10.9 Å². The molecule has 0 spiro atoms. The van der Waals surface area contributed by atoms with E-state index in [1.807, 2.05) is 31.2 Å². The summed E-state index contributed by atoms with van der Waals surface area (Å²) < 4.78 is 5.99. The standard InChI is InChI=1S/C87H146N18O13/c1-6-9-12-14-16-18-20-22-24-26-28-30-35-51-74(107)91-55-42-57-94-83(116)85-104-105(86(118-85)84(117)95-58-43-56-92-75(108)52-36-31-29-27-25-23-21-19-17-15-13-10-7-2)62-76(109)93-53-40-39-49-70(100-78(111)63(4)98-79(112)69(47-11-8-3)99-64(5)106)81(114)103-73(59-65-44-33-32-34-45-65)82(115)101-71(50-41-54-96-87(89)90)80(113)102-72(77(88)110)60-66-61-97-68-48-38-37-46-67(66)68/h32-34,37-38,44-46,48,61,63,69-73,85-86,97,104H,6-31,35-36,39-43,47,49-60,62H2,1-5H3,(H2,88,110)(H,91,107)(H,92,108)(H,93,109)(H,94,116)(H,95,117)(H,98,112)(H,99,106)(H,100,111)(H,101,115)(H,102,113)(H,103,114)(H4,89,90,96)/t63-,69-,70-,71-,72-,73+,85?,86?/m0/s1. The zero-order valence-corrected chi connectivity index (χ0v) is 71.6. The van der Waals surface area contributed by atoms with Gasteiger partial charge in [0.2, 0.25) is 71.5 Å². The Hall–Kier alpha value is -9.23. The molecule has 31 heteroatoms. The number of nitrogens with zero attached hydrogens (tertiary/aromatic N) is 2. The molecule has 0 bridgehead atoms. The van der Waals surface area contributed by atoms with E-state index in [2.05, 4.69) is 87.7 Å². The highest BCUT2D eigenvalue weighted by Crippen LogP contribution is 2.21. The van der Waals surface area contributed by atoms with E-state index in [1.54, 1.807) is 36.5 Å². The first kappa shape index (κ1) is 101. The number of para-hydroxylation sites is 1. The van der Waals surface area contributed by atoms with Crippen LogP contribution >= 0.6 is 0 Å². The van der Waals surface area contributed by atoms with E-state index in [0.29, 0.717) is 62.7 Å². The van der Waals surface area contributed by atoms with E-state index < -0.39 is 114 Å². The fourth-order valence-corrected chi connectivity index (χ4v) is 14.1. The van der Waals surface area contributed by atoms with Crippen LogP contribution in [0.2, 0.25) is 0 Å². The van der Waals surface area contributed by atoms with Crippen LogP contribution in [0.4, 0.5) is 0 Å². The van der Waals surface area contributed by atoms with Gasteiger partial charge in [0.25, 0.3) is 11.8 Å². The van der Waals surface area contributed by atoms with Gasteiger partial charge in [0.15, 0.2) is 5.96 Å². The molecule has 12 amide bonds. The van der Waals surface area contributed by atoms with Gasteiger partial charge in [-0.05, 0) is 88.3 Å². The minimum absolute atomic E-state index is 0.00703. The smallest absolute Gasteiger partial charge is 0.265 e. The number of unbranched alkanes of at least 4 members (excludes halogenated alkanes) is 26. The number of benzene rings is 2. The van der Waals surface area contributed by atoms with Crippen molar-refractivity contribution in [2.75, 3.05) is 45.8 Å². The molecule has 1 fully saturated rings. The van der Waals surface area contributed by atoms with Gasteiger partial charge in [-0.3, -0.25) is 62.5 Å². The van der Waals surface area contributed by atoms with Crippen LogP contribution in [0.1, 0.15) is 290 Å². The first-order chi connectivity index (χ1) is 57.0. The number of hydrogen-bond donors (Lipinski definition) is 16. The molecule has 2 unspecified atom stereocenters. The summed E-state index contributed by atoms with van der Waals surface area (Å²) in [5.74, 6) is -7.29. The van der Waals surface area contributed by atoms with Gasteiger partial charge in [0.1, 0.15) is 36.3 Å². The summed E-state index contributed by atoms with van der Waals surface area (Å²) in [6, 6.07) is 8.54. The van der Waals surface area contributed by atoms with Crippen molar-refractivity contribution in [1.29, 1.82) is 0 Å². The van der Waals surface area contributed by atoms with Crippen molar-refractivity contribution in [3.8, 4) is 0 Å². The highest BCUT2D eigenvalue weighted by molar-refractivity contribution is 5.97. The van der Waals surface area contributed by atoms with Crippen molar-refractivity contribution >= 4 is 87.7 Å². The van der Waals surface area contributed by atoms with Crippen molar-refractivity contribution in [1.82, 2.24) is 73.9 Å². The summed E-state index contributed by atoms with van der Waals surface area (Å²) >= 11 is 0. The summed E-state index contributed by atoms with van der Waals surface area (Å²) in [7, 11) is 0. The number of amides is 12. The van der Waals surface area contributed by atoms with Crippen LogP contribution in [0, 0.1) is 0 Å². The molecule has 31 nitrogen and oxygen atoms in total. The Kier molecular flexibility index (Phi) is 53.1. The number of nitrogens with one attached hydrogen (secondary N) is 13. The van der Waals surface area contributed by atoms with Crippen molar-refractivity contribution < 1.29 is 62.3 Å². The Balaban J connectivity index is 1.44. The first-order valence-corrected chi connectivity index (χ1v) is 44.3. The fraction of sp³-hybridized carbons (Fsp3) is 0.690. The molecule has 0 saturated carbocycles. The Morgan fingerprint density at radius 1 is 0.432 bits per heavy atom. The van der Waals surface area contributed by atoms with Gasteiger partial charge in [-0.2, -0.15) is 5.01 Å². The normalized spacial score (nSPS) is 14.8. The quantitative estimate of drug-likeness (QED) is 0.0147. The van der Waals surface area contributed by atoms with E-state index in [0.717, 1.165) is 55.8 Å². The number of aliphatic imine (C=N–C) groups is 1. The zero-order chi connectivity index (χ0) is 85.9. The molecule has 1 aromatic heterocycles. The van der Waals surface area contributed by atoms with E-state index >= 15 is 0 Å². The lowest BCUT2D eigenvalue weighted by Crippen LogP contribution is -2.59. The lowest BCUT2D eigenvalue weighted by atomic mass is 10.0. The molecular formula is C87H146N18O13. The van der Waals surface area contributed by atoms with Crippen molar-refractivity contribution in [2.45, 2.75) is 340 Å². The maximum Gasteiger partial charge on any atom is 0.265 e. The molecule has 118 heavy (non-hydrogen) atoms. The van der Waals surface area contributed by atoms with Crippen molar-refractivity contribution in [2.24, 2.45) is 22.2 Å². The molecule has 1 aliphatic heterocycles. The number of guanidine groups is 1. The molecule has 4 rings (SSSR count). The van der Waals surface area contributed by atoms with Gasteiger partial charge in [0, 0.05) is 89.0 Å². The minimum Gasteiger partial charge on any atom is -0.370 e. The second-order valence-corrected chi connectivity index (χ2v) is 31.4. The second kappa shape index (κ2) is 62.0. The molecule has 3 aromatic rings. The van der Waals surface area contributed by atoms with E-state index in [-0.39, 0.29) is 88.9 Å². The number of fused-ring (bicyclic) bond motifs is 1. The van der Waals surface area contributed by atoms with Crippen LogP contribution in [-0.2, 0) is 75.1 Å². The number of rotatable bonds is 68. The molecular weight excluding hydrogens is 1510 g/mol. The average molecular weight is 1650 g/mol. The summed E-state index contributed by atoms with van der Waals surface area (Å²) in [6.45, 7) is 9.63. The summed E-state index contributed by atoms with van der Waals surface area (Å²) in [4.78, 5) is 171. The van der Waals surface area contributed by atoms with Gasteiger partial charge < -0.3 is 85.4 Å².